The Morgan fingerprint density at radius 2 is 0.300 bits per heavy atom. The van der Waals surface area contributed by atoms with Crippen LogP contribution < -0.4 is 44.4 Å². The van der Waals surface area contributed by atoms with Gasteiger partial charge in [0.25, 0.3) is 0 Å². The summed E-state index contributed by atoms with van der Waals surface area (Å²) in [6.45, 7) is 31.9. The van der Waals surface area contributed by atoms with Crippen LogP contribution in [0.4, 0.5) is 34.9 Å². The van der Waals surface area contributed by atoms with E-state index in [0.717, 1.165) is 51.6 Å². The van der Waals surface area contributed by atoms with E-state index in [4.69, 9.17) is 43.4 Å². The van der Waals surface area contributed by atoms with Crippen molar-refractivity contribution in [3.8, 4) is 34.5 Å². The molecule has 4 rings (SSSR count). The molecule has 4 aromatic rings. The van der Waals surface area contributed by atoms with Crippen molar-refractivity contribution in [3.05, 3.63) is 54.6 Å². The molecule has 0 aliphatic heterocycles. The lowest BCUT2D eigenvalue weighted by molar-refractivity contribution is 0.192. The smallest absolute Gasteiger partial charge is 0.233 e. The van der Waals surface area contributed by atoms with Crippen LogP contribution in [0.3, 0.4) is 0 Å². The number of anilines is 6. The van der Waals surface area contributed by atoms with Gasteiger partial charge in [-0.2, -0.15) is 15.0 Å². The van der Waals surface area contributed by atoms with Crippen LogP contribution >= 0.6 is 0 Å². The van der Waals surface area contributed by atoms with Crippen molar-refractivity contribution in [3.63, 3.8) is 0 Å². The second-order valence-electron chi connectivity index (χ2n) is 40.5. The Morgan fingerprint density at radius 1 is 0.169 bits per heavy atom. The molecule has 6 atom stereocenters. The maximum atomic E-state index is 7.27. The predicted octanol–water partition coefficient (Wildman–Crippen LogP) is 39.8. The molecule has 0 saturated carbocycles. The van der Waals surface area contributed by atoms with Gasteiger partial charge >= 0.3 is 0 Å². The third kappa shape index (κ3) is 61.1. The lowest BCUT2D eigenvalue weighted by Crippen LogP contribution is -2.16. The highest BCUT2D eigenvalue weighted by Crippen LogP contribution is 2.40. The first-order valence-electron chi connectivity index (χ1n) is 57.3. The first-order valence-corrected chi connectivity index (χ1v) is 57.3. The van der Waals surface area contributed by atoms with Crippen LogP contribution in [-0.2, 0) is 0 Å². The largest absolute Gasteiger partial charge is 0.489 e. The first-order chi connectivity index (χ1) is 64.1. The van der Waals surface area contributed by atoms with Crippen molar-refractivity contribution < 1.29 is 28.4 Å². The Balaban J connectivity index is 2.01. The quantitative estimate of drug-likeness (QED) is 0.0364. The van der Waals surface area contributed by atoms with Gasteiger partial charge in [0, 0.05) is 35.3 Å². The molecule has 750 valence electrons. The molecule has 0 saturated heterocycles. The summed E-state index contributed by atoms with van der Waals surface area (Å²) in [5.41, 5.74) is 2.47. The first kappa shape index (κ1) is 117. The summed E-state index contributed by atoms with van der Waals surface area (Å²) in [5.74, 6) is 8.86. The summed E-state index contributed by atoms with van der Waals surface area (Å²) in [6, 6.07) is 19.4. The maximum Gasteiger partial charge on any atom is 0.233 e. The number of nitrogens with zero attached hydrogens (tertiary/aromatic N) is 3. The van der Waals surface area contributed by atoms with E-state index in [2.05, 4.69) is 154 Å². The maximum absolute atomic E-state index is 7.27. The summed E-state index contributed by atoms with van der Waals surface area (Å²) in [6.07, 6.45) is 92.8. The van der Waals surface area contributed by atoms with Gasteiger partial charge in [0.15, 0.2) is 34.5 Å². The van der Waals surface area contributed by atoms with Gasteiger partial charge in [-0.15, -0.1) is 0 Å². The summed E-state index contributed by atoms with van der Waals surface area (Å²) < 4.78 is 43.2. The van der Waals surface area contributed by atoms with E-state index in [9.17, 15) is 0 Å². The van der Waals surface area contributed by atoms with Crippen molar-refractivity contribution in [2.75, 3.05) is 55.6 Å². The van der Waals surface area contributed by atoms with Gasteiger partial charge in [-0.05, 0) is 149 Å². The summed E-state index contributed by atoms with van der Waals surface area (Å²) >= 11 is 0. The molecule has 6 unspecified atom stereocenters. The SMILES string of the molecule is CCCCCCCCC(CCCCCC)COc1ccc(Nc2nc(Nc3ccc(OCC(CCCCCC)CCCCCCCC)c(OCC(CCCCCC)CCCCCCCC)c3)nc(Nc3ccc(OCC(CCCCCC)CCCCCCCC)c(OCC(CCCCCCC)CCCCCCCC)c3)n2)cc1OCC(CCCCCC)CCCCCCCC. The number of hydrogen-bond acceptors (Lipinski definition) is 12. The number of benzene rings is 3. The van der Waals surface area contributed by atoms with Crippen LogP contribution in [0.25, 0.3) is 0 Å². The monoisotopic (exact) mass is 1810 g/mol. The van der Waals surface area contributed by atoms with E-state index < -0.39 is 0 Å². The van der Waals surface area contributed by atoms with Gasteiger partial charge in [0.2, 0.25) is 17.8 Å². The Hall–Kier alpha value is -5.13. The Bertz CT molecular complexity index is 2990. The highest BCUT2D eigenvalue weighted by molar-refractivity contribution is 5.66. The van der Waals surface area contributed by atoms with Crippen molar-refractivity contribution in [2.24, 2.45) is 35.5 Å². The zero-order valence-corrected chi connectivity index (χ0v) is 87.8. The van der Waals surface area contributed by atoms with Gasteiger partial charge in [0.05, 0.1) is 39.6 Å². The van der Waals surface area contributed by atoms with Crippen molar-refractivity contribution in [1.82, 2.24) is 15.0 Å². The summed E-state index contributed by atoms with van der Waals surface area (Å²) in [5, 5.41) is 11.3. The van der Waals surface area contributed by atoms with Gasteiger partial charge < -0.3 is 44.4 Å². The van der Waals surface area contributed by atoms with Crippen LogP contribution in [0, 0.1) is 35.5 Å². The molecular formula is C118H212N6O6. The fourth-order valence-corrected chi connectivity index (χ4v) is 19.1. The average molecular weight is 1810 g/mol. The number of hydrogen-bond donors (Lipinski definition) is 3. The molecule has 0 radical (unpaired) electrons. The van der Waals surface area contributed by atoms with Crippen LogP contribution in [0.5, 0.6) is 34.5 Å². The van der Waals surface area contributed by atoms with Crippen molar-refractivity contribution in [2.45, 2.75) is 552 Å². The van der Waals surface area contributed by atoms with Gasteiger partial charge in [-0.1, -0.05) is 475 Å². The van der Waals surface area contributed by atoms with E-state index >= 15 is 0 Å². The molecule has 12 nitrogen and oxygen atoms in total. The zero-order chi connectivity index (χ0) is 93.1. The molecule has 130 heavy (non-hydrogen) atoms. The number of aromatic nitrogens is 3. The molecule has 0 aliphatic carbocycles. The lowest BCUT2D eigenvalue weighted by Gasteiger charge is -2.22. The highest BCUT2D eigenvalue weighted by Gasteiger charge is 2.23. The summed E-state index contributed by atoms with van der Waals surface area (Å²) in [7, 11) is 0. The van der Waals surface area contributed by atoms with Gasteiger partial charge in [-0.3, -0.25) is 0 Å². The molecule has 0 aliphatic rings. The minimum atomic E-state index is 0.401. The van der Waals surface area contributed by atoms with Crippen LogP contribution in [0.1, 0.15) is 552 Å². The molecule has 0 spiro atoms. The normalized spacial score (nSPS) is 13.0. The molecule has 1 heterocycles. The molecular weight excluding hydrogens is 1600 g/mol. The van der Waals surface area contributed by atoms with Gasteiger partial charge in [-0.25, -0.2) is 0 Å². The molecule has 12 heteroatoms. The molecule has 0 amide bonds. The van der Waals surface area contributed by atoms with E-state index in [-0.39, 0.29) is 0 Å². The molecule has 3 N–H and O–H groups in total. The fraction of sp³-hybridized carbons (Fsp3) is 0.822. The number of unbranched alkanes of at least 4 members (excludes halogenated alkanes) is 49. The minimum absolute atomic E-state index is 0.401. The van der Waals surface area contributed by atoms with Crippen molar-refractivity contribution >= 4 is 34.9 Å². The third-order valence-corrected chi connectivity index (χ3v) is 27.9. The third-order valence-electron chi connectivity index (χ3n) is 27.9. The highest BCUT2D eigenvalue weighted by atomic mass is 16.5. The lowest BCUT2D eigenvalue weighted by atomic mass is 9.94. The molecule has 1 aromatic heterocycles. The standard InChI is InChI=1S/C118H212N6O6/c1-13-25-37-49-56-68-80-101(74-62-44-32-20-8)95-125-110-89-86-107(92-113(110)128-98-104(77-65-47-35-23-11)83-71-59-52-40-28-16-4)119-116-122-117(120-108-87-90-111(126-96-102(75-63-45-33-21-9)81-69-57-50-38-26-14-2)114(93-108)129-99-105(78-66-48-36-24-12)84-72-60-53-41-29-17-5)124-118(123-116)121-109-88-91-112(127-97-103(76-64-46-34-22-10)82-70-58-51-39-27-15-3)115(94-109)130-100-106(79-67-55-43-31-19-7)85-73-61-54-42-30-18-6/h86-94,101-106H,13-85,95-100H2,1-12H3,(H3,119,120,121,122,123,124). The summed E-state index contributed by atoms with van der Waals surface area (Å²) in [4.78, 5) is 16.0. The minimum Gasteiger partial charge on any atom is -0.489 e. The molecule has 3 aromatic carbocycles. The Kier molecular flexibility index (Phi) is 76.1. The van der Waals surface area contributed by atoms with Crippen LogP contribution in [0.2, 0.25) is 0 Å². The number of nitrogens with one attached hydrogen (secondary N) is 3. The molecule has 0 bridgehead atoms. The van der Waals surface area contributed by atoms with E-state index in [1.54, 1.807) is 0 Å². The zero-order valence-electron chi connectivity index (χ0n) is 87.8. The second-order valence-corrected chi connectivity index (χ2v) is 40.5. The molecule has 0 fully saturated rings. The number of ether oxygens (including phenoxy) is 6. The topological polar surface area (TPSA) is 130 Å². The van der Waals surface area contributed by atoms with E-state index in [1.165, 1.54) is 469 Å². The second kappa shape index (κ2) is 84.4. The fourth-order valence-electron chi connectivity index (χ4n) is 19.1. The van der Waals surface area contributed by atoms with Crippen LogP contribution in [0.15, 0.2) is 54.6 Å². The Labute approximate surface area is 805 Å². The van der Waals surface area contributed by atoms with Crippen molar-refractivity contribution in [1.29, 1.82) is 0 Å². The van der Waals surface area contributed by atoms with E-state index in [1.807, 2.05) is 0 Å². The van der Waals surface area contributed by atoms with Gasteiger partial charge in [0.1, 0.15) is 0 Å². The number of rotatable bonds is 97. The van der Waals surface area contributed by atoms with Crippen LogP contribution in [-0.4, -0.2) is 54.6 Å². The van der Waals surface area contributed by atoms with E-state index in [0.29, 0.717) is 93.0 Å². The Morgan fingerprint density at radius 3 is 0.454 bits per heavy atom. The average Bonchev–Trinajstić information content (AvgIpc) is 0.805. The predicted molar refractivity (Wildman–Crippen MR) is 568 cm³/mol.